The highest BCUT2D eigenvalue weighted by molar-refractivity contribution is 5.09. The van der Waals surface area contributed by atoms with Crippen LogP contribution in [0.15, 0.2) is 0 Å². The van der Waals surface area contributed by atoms with Gasteiger partial charge in [-0.25, -0.2) is 26.3 Å². The summed E-state index contributed by atoms with van der Waals surface area (Å²) in [6.45, 7) is -2.90. The summed E-state index contributed by atoms with van der Waals surface area (Å²) >= 11 is 0. The van der Waals surface area contributed by atoms with Gasteiger partial charge in [0.15, 0.2) is 11.8 Å². The zero-order valence-corrected chi connectivity index (χ0v) is 13.9. The summed E-state index contributed by atoms with van der Waals surface area (Å²) in [5.41, 5.74) is -11.8. The number of ether oxygens (including phenoxy) is 1. The van der Waals surface area contributed by atoms with Crippen LogP contribution in [-0.4, -0.2) is 60.6 Å². The van der Waals surface area contributed by atoms with Crippen LogP contribution in [0.2, 0.25) is 0 Å². The number of halogens is 16. The van der Waals surface area contributed by atoms with E-state index in [0.717, 1.165) is 0 Å². The largest absolute Gasteiger partial charge is 0.451 e. The highest BCUT2D eigenvalue weighted by Gasteiger charge is 2.85. The van der Waals surface area contributed by atoms with Crippen molar-refractivity contribution in [2.45, 2.75) is 73.2 Å². The SMILES string of the molecule is FC1C(F)(F)CCCC1(F)COC(F)(C(F)C(F)(C(F)(F)F)C(F)(F)F)C(F)(F)F. The van der Waals surface area contributed by atoms with Crippen molar-refractivity contribution in [2.24, 2.45) is 0 Å². The Morgan fingerprint density at radius 3 is 1.57 bits per heavy atom. The van der Waals surface area contributed by atoms with Crippen molar-refractivity contribution in [1.29, 1.82) is 0 Å². The van der Waals surface area contributed by atoms with Crippen LogP contribution in [0.25, 0.3) is 0 Å². The van der Waals surface area contributed by atoms with E-state index in [1.807, 2.05) is 0 Å². The van der Waals surface area contributed by atoms with Gasteiger partial charge in [-0.1, -0.05) is 0 Å². The van der Waals surface area contributed by atoms with Crippen molar-refractivity contribution in [3.05, 3.63) is 0 Å². The van der Waals surface area contributed by atoms with E-state index in [9.17, 15) is 70.2 Å². The summed E-state index contributed by atoms with van der Waals surface area (Å²) in [6, 6.07) is 0. The lowest BCUT2D eigenvalue weighted by molar-refractivity contribution is -0.422. The van der Waals surface area contributed by atoms with Crippen LogP contribution in [0, 0.1) is 0 Å². The van der Waals surface area contributed by atoms with Crippen LogP contribution in [-0.2, 0) is 4.74 Å². The molecule has 0 aromatic heterocycles. The molecule has 0 saturated heterocycles. The summed E-state index contributed by atoms with van der Waals surface area (Å²) in [6.07, 6.45) is -36.3. The first kappa shape index (κ1) is 26.9. The van der Waals surface area contributed by atoms with E-state index >= 15 is 0 Å². The van der Waals surface area contributed by atoms with Crippen molar-refractivity contribution in [3.8, 4) is 0 Å². The van der Waals surface area contributed by atoms with Crippen LogP contribution >= 0.6 is 0 Å². The lowest BCUT2D eigenvalue weighted by Gasteiger charge is -2.42. The smallest absolute Gasteiger partial charge is 0.333 e. The summed E-state index contributed by atoms with van der Waals surface area (Å²) in [5.74, 6) is -11.4. The molecule has 180 valence electrons. The van der Waals surface area contributed by atoms with Gasteiger partial charge < -0.3 is 4.74 Å². The molecule has 1 fully saturated rings. The summed E-state index contributed by atoms with van der Waals surface area (Å²) in [5, 5.41) is 0. The Bertz CT molecular complexity index is 594. The highest BCUT2D eigenvalue weighted by Crippen LogP contribution is 2.56. The van der Waals surface area contributed by atoms with E-state index < -0.39 is 79.9 Å². The molecule has 1 nitrogen and oxygen atoms in total. The summed E-state index contributed by atoms with van der Waals surface area (Å²) < 4.78 is 211. The molecule has 30 heavy (non-hydrogen) atoms. The summed E-state index contributed by atoms with van der Waals surface area (Å²) in [4.78, 5) is 0. The molecule has 17 heteroatoms. The second-order valence-electron chi connectivity index (χ2n) is 6.51. The molecule has 0 aromatic carbocycles. The fourth-order valence-corrected chi connectivity index (χ4v) is 2.62. The second kappa shape index (κ2) is 7.46. The van der Waals surface area contributed by atoms with Gasteiger partial charge in [0.05, 0.1) is 6.61 Å². The van der Waals surface area contributed by atoms with Crippen LogP contribution in [0.5, 0.6) is 0 Å². The van der Waals surface area contributed by atoms with E-state index in [1.54, 1.807) is 0 Å². The first-order valence-electron chi connectivity index (χ1n) is 7.54. The Kier molecular flexibility index (Phi) is 6.69. The number of hydrogen-bond donors (Lipinski definition) is 0. The molecule has 0 N–H and O–H groups in total. The minimum Gasteiger partial charge on any atom is -0.333 e. The predicted molar refractivity (Wildman–Crippen MR) is 64.2 cm³/mol. The van der Waals surface area contributed by atoms with Gasteiger partial charge in [-0.05, 0) is 12.8 Å². The van der Waals surface area contributed by atoms with E-state index in [-0.39, 0.29) is 0 Å². The molecule has 0 aromatic rings. The van der Waals surface area contributed by atoms with Crippen LogP contribution in [0.4, 0.5) is 70.2 Å². The average molecular weight is 486 g/mol. The maximum absolute atomic E-state index is 14.2. The maximum Gasteiger partial charge on any atom is 0.451 e. The predicted octanol–water partition coefficient (Wildman–Crippen LogP) is 6.27. The average Bonchev–Trinajstić information content (AvgIpc) is 2.53. The molecule has 0 heterocycles. The fourth-order valence-electron chi connectivity index (χ4n) is 2.62. The second-order valence-corrected chi connectivity index (χ2v) is 6.51. The molecular weight excluding hydrogens is 476 g/mol. The molecule has 0 aliphatic heterocycles. The standard InChI is InChI=1S/C13H10F16O/c14-5-7(16,2-1-3-8(5,17)18)4-30-10(20,13(27,28)29)6(15)9(19,11(21,22)23)12(24,25)26/h5-6H,1-4H2. The Labute approximate surface area is 156 Å². The number of alkyl halides is 16. The van der Waals surface area contributed by atoms with E-state index in [0.29, 0.717) is 0 Å². The quantitative estimate of drug-likeness (QED) is 0.417. The normalized spacial score (nSPS) is 29.4. The molecule has 0 bridgehead atoms. The minimum absolute atomic E-state index is 0.976. The Hall–Kier alpha value is -1.16. The Morgan fingerprint density at radius 1 is 0.767 bits per heavy atom. The molecule has 1 aliphatic carbocycles. The first-order valence-corrected chi connectivity index (χ1v) is 7.54. The lowest BCUT2D eigenvalue weighted by atomic mass is 9.82. The van der Waals surface area contributed by atoms with Crippen LogP contribution in [0.1, 0.15) is 19.3 Å². The van der Waals surface area contributed by atoms with E-state index in [2.05, 4.69) is 4.74 Å². The van der Waals surface area contributed by atoms with Crippen molar-refractivity contribution >= 4 is 0 Å². The minimum atomic E-state index is -7.52. The molecule has 4 unspecified atom stereocenters. The van der Waals surface area contributed by atoms with Crippen molar-refractivity contribution in [2.75, 3.05) is 6.61 Å². The van der Waals surface area contributed by atoms with Gasteiger partial charge in [-0.15, -0.1) is 0 Å². The topological polar surface area (TPSA) is 9.23 Å². The third kappa shape index (κ3) is 4.26. The van der Waals surface area contributed by atoms with Crippen molar-refractivity contribution < 1.29 is 75.0 Å². The van der Waals surface area contributed by atoms with Gasteiger partial charge >= 0.3 is 30.1 Å². The maximum atomic E-state index is 14.2. The Balaban J connectivity index is 3.41. The van der Waals surface area contributed by atoms with Crippen LogP contribution in [0.3, 0.4) is 0 Å². The molecular formula is C13H10F16O. The zero-order valence-electron chi connectivity index (χ0n) is 13.9. The monoisotopic (exact) mass is 486 g/mol. The molecule has 1 rings (SSSR count). The highest BCUT2D eigenvalue weighted by atomic mass is 19.4. The zero-order chi connectivity index (χ0) is 24.2. The van der Waals surface area contributed by atoms with E-state index in [1.165, 1.54) is 0 Å². The Morgan fingerprint density at radius 2 is 1.20 bits per heavy atom. The lowest BCUT2D eigenvalue weighted by Crippen LogP contribution is -2.69. The molecule has 0 spiro atoms. The third-order valence-corrected chi connectivity index (χ3v) is 4.34. The van der Waals surface area contributed by atoms with Gasteiger partial charge in [-0.2, -0.15) is 43.9 Å². The van der Waals surface area contributed by atoms with Gasteiger partial charge in [0.1, 0.15) is 0 Å². The molecule has 4 atom stereocenters. The first-order chi connectivity index (χ1) is 13.0. The van der Waals surface area contributed by atoms with Gasteiger partial charge in [-0.3, -0.25) is 0 Å². The number of hydrogen-bond acceptors (Lipinski definition) is 1. The van der Waals surface area contributed by atoms with Crippen molar-refractivity contribution in [3.63, 3.8) is 0 Å². The molecule has 0 amide bonds. The van der Waals surface area contributed by atoms with Gasteiger partial charge in [0.25, 0.3) is 5.92 Å². The van der Waals surface area contributed by atoms with E-state index in [4.69, 9.17) is 0 Å². The van der Waals surface area contributed by atoms with Crippen molar-refractivity contribution in [1.82, 2.24) is 0 Å². The molecule has 1 aliphatic rings. The third-order valence-electron chi connectivity index (χ3n) is 4.34. The van der Waals surface area contributed by atoms with Crippen LogP contribution < -0.4 is 0 Å². The summed E-state index contributed by atoms with van der Waals surface area (Å²) in [7, 11) is 0. The number of rotatable bonds is 5. The molecule has 0 radical (unpaired) electrons. The van der Waals surface area contributed by atoms with Gasteiger partial charge in [0, 0.05) is 6.42 Å². The fraction of sp³-hybridized carbons (Fsp3) is 1.00. The van der Waals surface area contributed by atoms with Gasteiger partial charge in [0.2, 0.25) is 6.17 Å². The molecule has 1 saturated carbocycles.